The van der Waals surface area contributed by atoms with Gasteiger partial charge in [0.1, 0.15) is 0 Å². The van der Waals surface area contributed by atoms with E-state index in [0.717, 1.165) is 0 Å². The summed E-state index contributed by atoms with van der Waals surface area (Å²) in [5.74, 6) is 0.861. The SMILES string of the molecule is CCOc1cc(/C=C/c2onc(C)c2[N+](=O)[O-])ccc1OCC(=O)N1CCOCC1. The van der Waals surface area contributed by atoms with E-state index >= 15 is 0 Å². The molecule has 0 atom stereocenters. The lowest BCUT2D eigenvalue weighted by atomic mass is 10.1. The van der Waals surface area contributed by atoms with Crippen molar-refractivity contribution in [3.63, 3.8) is 0 Å². The van der Waals surface area contributed by atoms with E-state index in [4.69, 9.17) is 18.7 Å². The summed E-state index contributed by atoms with van der Waals surface area (Å²) in [7, 11) is 0. The van der Waals surface area contributed by atoms with Gasteiger partial charge in [-0.15, -0.1) is 0 Å². The molecule has 1 fully saturated rings. The highest BCUT2D eigenvalue weighted by atomic mass is 16.6. The Morgan fingerprint density at radius 1 is 1.27 bits per heavy atom. The van der Waals surface area contributed by atoms with Crippen molar-refractivity contribution in [3.05, 3.63) is 45.3 Å². The van der Waals surface area contributed by atoms with E-state index in [1.54, 1.807) is 29.2 Å². The lowest BCUT2D eigenvalue weighted by Crippen LogP contribution is -2.43. The number of amides is 1. The van der Waals surface area contributed by atoms with E-state index < -0.39 is 4.92 Å². The van der Waals surface area contributed by atoms with Crippen LogP contribution in [0.5, 0.6) is 11.5 Å². The summed E-state index contributed by atoms with van der Waals surface area (Å²) >= 11 is 0. The van der Waals surface area contributed by atoms with E-state index in [2.05, 4.69) is 5.16 Å². The van der Waals surface area contributed by atoms with Crippen LogP contribution in [0.3, 0.4) is 0 Å². The van der Waals surface area contributed by atoms with Crippen LogP contribution in [0.4, 0.5) is 5.69 Å². The number of rotatable bonds is 8. The minimum Gasteiger partial charge on any atom is -0.490 e. The Bertz CT molecular complexity index is 932. The normalized spacial score (nSPS) is 14.1. The molecular formula is C20H23N3O7. The van der Waals surface area contributed by atoms with Crippen molar-refractivity contribution in [2.75, 3.05) is 39.5 Å². The van der Waals surface area contributed by atoms with E-state index in [1.165, 1.54) is 13.0 Å². The van der Waals surface area contributed by atoms with Crippen LogP contribution < -0.4 is 9.47 Å². The third-order valence-corrected chi connectivity index (χ3v) is 4.45. The van der Waals surface area contributed by atoms with Crippen molar-refractivity contribution in [1.82, 2.24) is 10.1 Å². The summed E-state index contributed by atoms with van der Waals surface area (Å²) in [4.78, 5) is 24.6. The molecule has 2 heterocycles. The molecule has 0 unspecified atom stereocenters. The molecule has 1 aromatic carbocycles. The lowest BCUT2D eigenvalue weighted by Gasteiger charge is -2.26. The van der Waals surface area contributed by atoms with Gasteiger partial charge in [0.05, 0.1) is 24.7 Å². The third-order valence-electron chi connectivity index (χ3n) is 4.45. The van der Waals surface area contributed by atoms with Gasteiger partial charge >= 0.3 is 5.69 Å². The fourth-order valence-corrected chi connectivity index (χ4v) is 2.95. The number of hydrogen-bond donors (Lipinski definition) is 0. The number of ether oxygens (including phenoxy) is 3. The highest BCUT2D eigenvalue weighted by Gasteiger charge is 2.22. The maximum absolute atomic E-state index is 12.3. The molecule has 10 nitrogen and oxygen atoms in total. The van der Waals surface area contributed by atoms with Crippen molar-refractivity contribution in [2.45, 2.75) is 13.8 Å². The van der Waals surface area contributed by atoms with Crippen molar-refractivity contribution in [3.8, 4) is 11.5 Å². The summed E-state index contributed by atoms with van der Waals surface area (Å²) < 4.78 is 21.6. The van der Waals surface area contributed by atoms with Gasteiger partial charge < -0.3 is 23.6 Å². The van der Waals surface area contributed by atoms with Crippen LogP contribution in [0.1, 0.15) is 23.9 Å². The fraction of sp³-hybridized carbons (Fsp3) is 0.400. The Kier molecular flexibility index (Phi) is 7.02. The molecule has 0 radical (unpaired) electrons. The number of morpholine rings is 1. The zero-order chi connectivity index (χ0) is 21.5. The van der Waals surface area contributed by atoms with Crippen LogP contribution in [-0.2, 0) is 9.53 Å². The average Bonchev–Trinajstić information content (AvgIpc) is 3.12. The molecule has 0 aliphatic carbocycles. The standard InChI is InChI=1S/C20H23N3O7/c1-3-28-18-12-15(5-7-17-20(23(25)26)14(2)21-30-17)4-6-16(18)29-13-19(24)22-8-10-27-11-9-22/h4-7,12H,3,8-11,13H2,1-2H3/b7-5+. The molecule has 10 heteroatoms. The molecule has 1 aliphatic rings. The fourth-order valence-electron chi connectivity index (χ4n) is 2.95. The minimum atomic E-state index is -0.528. The first-order valence-corrected chi connectivity index (χ1v) is 9.53. The number of aryl methyl sites for hydroxylation is 1. The van der Waals surface area contributed by atoms with Crippen LogP contribution in [0.2, 0.25) is 0 Å². The number of carbonyl (C=O) groups is 1. The van der Waals surface area contributed by atoms with Gasteiger partial charge in [-0.3, -0.25) is 14.9 Å². The number of benzene rings is 1. The van der Waals surface area contributed by atoms with Crippen molar-refractivity contribution < 1.29 is 28.5 Å². The Labute approximate surface area is 173 Å². The maximum Gasteiger partial charge on any atom is 0.338 e. The molecule has 0 saturated carbocycles. The average molecular weight is 417 g/mol. The van der Waals surface area contributed by atoms with E-state index in [-0.39, 0.29) is 29.7 Å². The third kappa shape index (κ3) is 5.15. The summed E-state index contributed by atoms with van der Waals surface area (Å²) in [5.41, 5.74) is 0.759. The van der Waals surface area contributed by atoms with Crippen molar-refractivity contribution in [2.24, 2.45) is 0 Å². The Balaban J connectivity index is 1.71. The zero-order valence-electron chi connectivity index (χ0n) is 16.8. The van der Waals surface area contributed by atoms with Crippen LogP contribution in [0.15, 0.2) is 22.7 Å². The predicted octanol–water partition coefficient (Wildman–Crippen LogP) is 2.70. The summed E-state index contributed by atoms with van der Waals surface area (Å²) in [6.45, 7) is 5.82. The Morgan fingerprint density at radius 2 is 2.03 bits per heavy atom. The van der Waals surface area contributed by atoms with E-state index in [9.17, 15) is 14.9 Å². The summed E-state index contributed by atoms with van der Waals surface area (Å²) in [5, 5.41) is 14.8. The lowest BCUT2D eigenvalue weighted by molar-refractivity contribution is -0.386. The summed E-state index contributed by atoms with van der Waals surface area (Å²) in [6.07, 6.45) is 3.13. The number of nitro groups is 1. The second-order valence-electron chi connectivity index (χ2n) is 6.49. The smallest absolute Gasteiger partial charge is 0.338 e. The van der Waals surface area contributed by atoms with Gasteiger partial charge in [0.25, 0.3) is 5.91 Å². The first-order valence-electron chi connectivity index (χ1n) is 9.53. The molecule has 2 aromatic rings. The van der Waals surface area contributed by atoms with Crippen LogP contribution in [0, 0.1) is 17.0 Å². The molecule has 1 saturated heterocycles. The molecule has 0 bridgehead atoms. The molecule has 3 rings (SSSR count). The quantitative estimate of drug-likeness (QED) is 0.475. The molecule has 1 aliphatic heterocycles. The second kappa shape index (κ2) is 9.88. The van der Waals surface area contributed by atoms with Gasteiger partial charge in [0.15, 0.2) is 23.8 Å². The molecule has 1 aromatic heterocycles. The van der Waals surface area contributed by atoms with E-state index in [1.807, 2.05) is 6.92 Å². The van der Waals surface area contributed by atoms with Gasteiger partial charge in [0, 0.05) is 13.1 Å². The van der Waals surface area contributed by atoms with Crippen LogP contribution >= 0.6 is 0 Å². The molecular weight excluding hydrogens is 394 g/mol. The number of aromatic nitrogens is 1. The van der Waals surface area contributed by atoms with Crippen molar-refractivity contribution >= 4 is 23.7 Å². The highest BCUT2D eigenvalue weighted by molar-refractivity contribution is 5.78. The van der Waals surface area contributed by atoms with E-state index in [0.29, 0.717) is 50.0 Å². The van der Waals surface area contributed by atoms with Gasteiger partial charge in [-0.2, -0.15) is 0 Å². The molecule has 0 N–H and O–H groups in total. The van der Waals surface area contributed by atoms with Crippen LogP contribution in [0.25, 0.3) is 12.2 Å². The van der Waals surface area contributed by atoms with Crippen molar-refractivity contribution in [1.29, 1.82) is 0 Å². The predicted molar refractivity (Wildman–Crippen MR) is 107 cm³/mol. The number of carbonyl (C=O) groups excluding carboxylic acids is 1. The molecule has 160 valence electrons. The Hall–Kier alpha value is -3.40. The van der Waals surface area contributed by atoms with Crippen LogP contribution in [-0.4, -0.2) is 60.4 Å². The van der Waals surface area contributed by atoms with Gasteiger partial charge in [-0.05, 0) is 37.6 Å². The molecule has 30 heavy (non-hydrogen) atoms. The number of nitrogens with zero attached hydrogens (tertiary/aromatic N) is 3. The first-order chi connectivity index (χ1) is 14.5. The summed E-state index contributed by atoms with van der Waals surface area (Å²) in [6, 6.07) is 5.17. The van der Waals surface area contributed by atoms with Gasteiger partial charge in [-0.1, -0.05) is 17.3 Å². The topological polar surface area (TPSA) is 117 Å². The van der Waals surface area contributed by atoms with Gasteiger partial charge in [0.2, 0.25) is 5.76 Å². The highest BCUT2D eigenvalue weighted by Crippen LogP contribution is 2.30. The largest absolute Gasteiger partial charge is 0.490 e. The zero-order valence-corrected chi connectivity index (χ0v) is 16.8. The maximum atomic E-state index is 12.3. The molecule has 0 spiro atoms. The monoisotopic (exact) mass is 417 g/mol. The Morgan fingerprint density at radius 3 is 2.73 bits per heavy atom. The van der Waals surface area contributed by atoms with Gasteiger partial charge in [-0.25, -0.2) is 0 Å². The molecule has 1 amide bonds. The first kappa shape index (κ1) is 21.3. The second-order valence-corrected chi connectivity index (χ2v) is 6.49. The minimum absolute atomic E-state index is 0.0619. The number of hydrogen-bond acceptors (Lipinski definition) is 8.